The second kappa shape index (κ2) is 7.56. The maximum Gasteiger partial charge on any atom is 0.251 e. The Bertz CT molecular complexity index is 899. The van der Waals surface area contributed by atoms with Gasteiger partial charge in [-0.15, -0.1) is 0 Å². The molecule has 1 N–H and O–H groups in total. The van der Waals surface area contributed by atoms with Gasteiger partial charge in [-0.3, -0.25) is 4.79 Å². The Morgan fingerprint density at radius 1 is 1.08 bits per heavy atom. The van der Waals surface area contributed by atoms with Crippen molar-refractivity contribution >= 4 is 5.91 Å². The van der Waals surface area contributed by atoms with Crippen LogP contribution in [0, 0.1) is 0 Å². The Kier molecular flexibility index (Phi) is 4.82. The first-order chi connectivity index (χ1) is 12.8. The maximum absolute atomic E-state index is 12.4. The van der Waals surface area contributed by atoms with Crippen molar-refractivity contribution in [1.82, 2.24) is 14.9 Å². The topological polar surface area (TPSA) is 46.9 Å². The number of benzene rings is 2. The van der Waals surface area contributed by atoms with E-state index in [4.69, 9.17) is 0 Å². The normalized spacial score (nSPS) is 12.8. The minimum Gasteiger partial charge on any atom is -0.352 e. The van der Waals surface area contributed by atoms with Crippen LogP contribution in [-0.4, -0.2) is 22.0 Å². The van der Waals surface area contributed by atoms with Gasteiger partial charge in [0.2, 0.25) is 0 Å². The molecule has 4 nitrogen and oxygen atoms in total. The van der Waals surface area contributed by atoms with Crippen LogP contribution in [0.15, 0.2) is 60.9 Å². The van der Waals surface area contributed by atoms with Gasteiger partial charge in [0.05, 0.1) is 0 Å². The summed E-state index contributed by atoms with van der Waals surface area (Å²) in [4.78, 5) is 16.9. The quantitative estimate of drug-likeness (QED) is 0.744. The fraction of sp³-hybridized carbons (Fsp3) is 0.273. The number of carbonyl (C=O) groups excluding carboxylic acids is 1. The summed E-state index contributed by atoms with van der Waals surface area (Å²) in [6.45, 7) is 1.39. The number of rotatable bonds is 6. The molecule has 0 unspecified atom stereocenters. The molecule has 0 fully saturated rings. The molecule has 0 radical (unpaired) electrons. The number of nitrogens with zero attached hydrogens (tertiary/aromatic N) is 2. The smallest absolute Gasteiger partial charge is 0.251 e. The average molecular weight is 345 g/mol. The van der Waals surface area contributed by atoms with Crippen molar-refractivity contribution in [3.8, 4) is 0 Å². The number of nitrogens with one attached hydrogen (secondary N) is 1. The van der Waals surface area contributed by atoms with E-state index in [1.807, 2.05) is 42.7 Å². The third-order valence-electron chi connectivity index (χ3n) is 4.99. The van der Waals surface area contributed by atoms with Crippen LogP contribution >= 0.6 is 0 Å². The number of aromatic nitrogens is 2. The number of fused-ring (bicyclic) bond motifs is 1. The molecule has 0 atom stereocenters. The molecule has 0 saturated carbocycles. The summed E-state index contributed by atoms with van der Waals surface area (Å²) in [5, 5.41) is 3.03. The standard InChI is InChI=1S/C22H23N3O/c26-22(20-10-9-18-7-4-8-19(18)15-20)24-12-11-21-23-13-14-25(21)16-17-5-2-1-3-6-17/h1-3,5-6,9-10,13-15H,4,7-8,11-12,16H2,(H,24,26). The van der Waals surface area contributed by atoms with Gasteiger partial charge in [0, 0.05) is 37.5 Å². The Balaban J connectivity index is 1.34. The van der Waals surface area contributed by atoms with Crippen LogP contribution in [0.1, 0.15) is 39.3 Å². The molecule has 0 bridgehead atoms. The summed E-state index contributed by atoms with van der Waals surface area (Å²) in [5.41, 5.74) is 4.73. The second-order valence-electron chi connectivity index (χ2n) is 6.80. The van der Waals surface area contributed by atoms with E-state index in [1.54, 1.807) is 0 Å². The summed E-state index contributed by atoms with van der Waals surface area (Å²) in [6, 6.07) is 16.4. The molecule has 1 amide bonds. The number of amides is 1. The summed E-state index contributed by atoms with van der Waals surface area (Å²) < 4.78 is 2.14. The number of carbonyl (C=O) groups is 1. The Hall–Kier alpha value is -2.88. The van der Waals surface area contributed by atoms with Crippen LogP contribution in [0.2, 0.25) is 0 Å². The van der Waals surface area contributed by atoms with E-state index in [0.717, 1.165) is 37.2 Å². The van der Waals surface area contributed by atoms with Gasteiger partial charge >= 0.3 is 0 Å². The Labute approximate surface area is 153 Å². The van der Waals surface area contributed by atoms with Gasteiger partial charge in [-0.1, -0.05) is 36.4 Å². The van der Waals surface area contributed by atoms with Crippen LogP contribution in [0.25, 0.3) is 0 Å². The van der Waals surface area contributed by atoms with Crippen LogP contribution in [0.3, 0.4) is 0 Å². The molecule has 26 heavy (non-hydrogen) atoms. The zero-order chi connectivity index (χ0) is 17.8. The van der Waals surface area contributed by atoms with Crippen molar-refractivity contribution in [2.75, 3.05) is 6.54 Å². The van der Waals surface area contributed by atoms with Crippen LogP contribution in [0.4, 0.5) is 0 Å². The molecule has 4 rings (SSSR count). The highest BCUT2D eigenvalue weighted by Gasteiger charge is 2.14. The number of hydrogen-bond donors (Lipinski definition) is 1. The van der Waals surface area contributed by atoms with E-state index >= 15 is 0 Å². The third kappa shape index (κ3) is 3.69. The molecule has 0 aliphatic heterocycles. The first-order valence-corrected chi connectivity index (χ1v) is 9.23. The summed E-state index contributed by atoms with van der Waals surface area (Å²) in [7, 11) is 0. The van der Waals surface area contributed by atoms with E-state index in [9.17, 15) is 4.79 Å². The Morgan fingerprint density at radius 3 is 2.81 bits per heavy atom. The van der Waals surface area contributed by atoms with Gasteiger partial charge in [0.1, 0.15) is 5.82 Å². The Morgan fingerprint density at radius 2 is 1.92 bits per heavy atom. The molecular weight excluding hydrogens is 322 g/mol. The van der Waals surface area contributed by atoms with E-state index in [1.165, 1.54) is 23.1 Å². The van der Waals surface area contributed by atoms with Gasteiger partial charge in [-0.2, -0.15) is 0 Å². The van der Waals surface area contributed by atoms with Gasteiger partial charge in [-0.05, 0) is 48.1 Å². The first kappa shape index (κ1) is 16.6. The fourth-order valence-corrected chi connectivity index (χ4v) is 3.60. The molecule has 2 aromatic carbocycles. The van der Waals surface area contributed by atoms with Gasteiger partial charge in [0.25, 0.3) is 5.91 Å². The van der Waals surface area contributed by atoms with Gasteiger partial charge in [-0.25, -0.2) is 4.98 Å². The van der Waals surface area contributed by atoms with E-state index in [0.29, 0.717) is 6.54 Å². The van der Waals surface area contributed by atoms with E-state index in [-0.39, 0.29) is 5.91 Å². The lowest BCUT2D eigenvalue weighted by Gasteiger charge is -2.09. The predicted octanol–water partition coefficient (Wildman–Crippen LogP) is 3.39. The molecule has 4 heteroatoms. The number of aryl methyl sites for hydroxylation is 2. The SMILES string of the molecule is O=C(NCCc1nccn1Cc1ccccc1)c1ccc2c(c1)CCC2. The minimum atomic E-state index is 0.000801. The highest BCUT2D eigenvalue weighted by Crippen LogP contribution is 2.22. The van der Waals surface area contributed by atoms with E-state index in [2.05, 4.69) is 33.1 Å². The lowest BCUT2D eigenvalue weighted by Crippen LogP contribution is -2.26. The zero-order valence-electron chi connectivity index (χ0n) is 14.8. The van der Waals surface area contributed by atoms with Crippen LogP contribution in [0.5, 0.6) is 0 Å². The average Bonchev–Trinajstić information content (AvgIpc) is 3.31. The third-order valence-corrected chi connectivity index (χ3v) is 4.99. The van der Waals surface area contributed by atoms with Crippen molar-refractivity contribution in [2.45, 2.75) is 32.2 Å². The highest BCUT2D eigenvalue weighted by atomic mass is 16.1. The maximum atomic E-state index is 12.4. The van der Waals surface area contributed by atoms with Crippen molar-refractivity contribution < 1.29 is 4.79 Å². The summed E-state index contributed by atoms with van der Waals surface area (Å²) in [6.07, 6.45) is 7.96. The largest absolute Gasteiger partial charge is 0.352 e. The lowest BCUT2D eigenvalue weighted by atomic mass is 10.1. The molecular formula is C22H23N3O. The molecule has 1 aliphatic rings. The second-order valence-corrected chi connectivity index (χ2v) is 6.80. The predicted molar refractivity (Wildman–Crippen MR) is 102 cm³/mol. The molecule has 132 valence electrons. The van der Waals surface area contributed by atoms with Crippen LogP contribution in [-0.2, 0) is 25.8 Å². The number of hydrogen-bond acceptors (Lipinski definition) is 2. The van der Waals surface area contributed by atoms with Gasteiger partial charge < -0.3 is 9.88 Å². The molecule has 0 saturated heterocycles. The van der Waals surface area contributed by atoms with Crippen LogP contribution < -0.4 is 5.32 Å². The van der Waals surface area contributed by atoms with Crippen molar-refractivity contribution in [3.05, 3.63) is 89.0 Å². The highest BCUT2D eigenvalue weighted by molar-refractivity contribution is 5.94. The van der Waals surface area contributed by atoms with Gasteiger partial charge in [0.15, 0.2) is 0 Å². The van der Waals surface area contributed by atoms with Crippen molar-refractivity contribution in [3.63, 3.8) is 0 Å². The lowest BCUT2D eigenvalue weighted by molar-refractivity contribution is 0.0954. The molecule has 1 heterocycles. The number of imidazole rings is 1. The monoisotopic (exact) mass is 345 g/mol. The first-order valence-electron chi connectivity index (χ1n) is 9.23. The summed E-state index contributed by atoms with van der Waals surface area (Å²) >= 11 is 0. The van der Waals surface area contributed by atoms with Crippen molar-refractivity contribution in [2.24, 2.45) is 0 Å². The molecule has 3 aromatic rings. The molecule has 0 spiro atoms. The van der Waals surface area contributed by atoms with E-state index < -0.39 is 0 Å². The molecule has 1 aromatic heterocycles. The summed E-state index contributed by atoms with van der Waals surface area (Å²) in [5.74, 6) is 0.990. The fourth-order valence-electron chi connectivity index (χ4n) is 3.60. The van der Waals surface area contributed by atoms with Crippen molar-refractivity contribution in [1.29, 1.82) is 0 Å². The molecule has 1 aliphatic carbocycles. The zero-order valence-corrected chi connectivity index (χ0v) is 14.8. The minimum absolute atomic E-state index is 0.000801.